The molecular formula is C28H28N4O3S. The van der Waals surface area contributed by atoms with Crippen molar-refractivity contribution in [1.29, 1.82) is 0 Å². The van der Waals surface area contributed by atoms with E-state index in [0.717, 1.165) is 45.8 Å². The van der Waals surface area contributed by atoms with Crippen molar-refractivity contribution in [3.63, 3.8) is 0 Å². The molecule has 0 radical (unpaired) electrons. The molecule has 2 N–H and O–H groups in total. The maximum absolute atomic E-state index is 13.5. The van der Waals surface area contributed by atoms with Crippen LogP contribution in [0.2, 0.25) is 0 Å². The summed E-state index contributed by atoms with van der Waals surface area (Å²) in [4.78, 5) is 37.4. The Morgan fingerprint density at radius 2 is 1.83 bits per heavy atom. The highest BCUT2D eigenvalue weighted by molar-refractivity contribution is 7.10. The molecule has 184 valence electrons. The van der Waals surface area contributed by atoms with E-state index in [1.165, 1.54) is 11.3 Å². The number of piperidine rings is 1. The number of hydrogen-bond acceptors (Lipinski definition) is 6. The number of anilines is 1. The molecule has 0 bridgehead atoms. The summed E-state index contributed by atoms with van der Waals surface area (Å²) in [5.74, 6) is 0.163. The van der Waals surface area contributed by atoms with Gasteiger partial charge in [0.1, 0.15) is 11.4 Å². The van der Waals surface area contributed by atoms with E-state index in [1.54, 1.807) is 23.6 Å². The Bertz CT molecular complexity index is 1370. The Labute approximate surface area is 214 Å². The molecule has 2 aliphatic heterocycles. The average molecular weight is 501 g/mol. The minimum atomic E-state index is -0.268. The van der Waals surface area contributed by atoms with Crippen molar-refractivity contribution in [3.8, 4) is 5.75 Å². The molecule has 1 saturated heterocycles. The number of aliphatic imine (C=N–C) groups is 1. The lowest BCUT2D eigenvalue weighted by Crippen LogP contribution is -2.40. The van der Waals surface area contributed by atoms with Gasteiger partial charge in [-0.3, -0.25) is 14.6 Å². The SMILES string of the molecule is CC1=C(C(=O)N2CCC(c3nc(C(=O)Nc4ccc(O)cc4C)cs3)CC2)C(c2ccccc2)=NC1. The third-order valence-electron chi connectivity index (χ3n) is 6.74. The number of nitrogens with one attached hydrogen (secondary N) is 1. The van der Waals surface area contributed by atoms with Crippen molar-refractivity contribution in [3.05, 3.63) is 86.9 Å². The van der Waals surface area contributed by atoms with Crippen LogP contribution in [-0.4, -0.2) is 52.2 Å². The first-order valence-electron chi connectivity index (χ1n) is 12.1. The molecule has 0 aliphatic carbocycles. The molecular weight excluding hydrogens is 472 g/mol. The molecule has 7 nitrogen and oxygen atoms in total. The van der Waals surface area contributed by atoms with E-state index in [2.05, 4.69) is 15.3 Å². The number of phenols is 1. The van der Waals surface area contributed by atoms with Crippen LogP contribution < -0.4 is 5.32 Å². The third-order valence-corrected chi connectivity index (χ3v) is 7.75. The minimum absolute atomic E-state index is 0.0505. The molecule has 1 fully saturated rings. The summed E-state index contributed by atoms with van der Waals surface area (Å²) in [7, 11) is 0. The van der Waals surface area contributed by atoms with E-state index in [9.17, 15) is 14.7 Å². The fourth-order valence-electron chi connectivity index (χ4n) is 4.71. The molecule has 0 unspecified atom stereocenters. The number of aromatic nitrogens is 1. The number of phenolic OH excluding ortho intramolecular Hbond substituents is 1. The average Bonchev–Trinajstić information content (AvgIpc) is 3.53. The van der Waals surface area contributed by atoms with Gasteiger partial charge in [-0.2, -0.15) is 0 Å². The summed E-state index contributed by atoms with van der Waals surface area (Å²) in [5.41, 5.74) is 5.33. The van der Waals surface area contributed by atoms with Crippen molar-refractivity contribution in [2.24, 2.45) is 4.99 Å². The monoisotopic (exact) mass is 500 g/mol. The molecule has 2 aromatic carbocycles. The van der Waals surface area contributed by atoms with E-state index in [0.29, 0.717) is 31.0 Å². The van der Waals surface area contributed by atoms with Gasteiger partial charge >= 0.3 is 0 Å². The first-order chi connectivity index (χ1) is 17.4. The minimum Gasteiger partial charge on any atom is -0.508 e. The van der Waals surface area contributed by atoms with Crippen molar-refractivity contribution in [2.75, 3.05) is 25.0 Å². The van der Waals surface area contributed by atoms with Gasteiger partial charge in [0, 0.05) is 35.6 Å². The fourth-order valence-corrected chi connectivity index (χ4v) is 5.69. The first-order valence-corrected chi connectivity index (χ1v) is 12.9. The second kappa shape index (κ2) is 10.1. The van der Waals surface area contributed by atoms with Gasteiger partial charge in [-0.25, -0.2) is 4.98 Å². The predicted molar refractivity (Wildman–Crippen MR) is 142 cm³/mol. The van der Waals surface area contributed by atoms with Crippen LogP contribution in [0.3, 0.4) is 0 Å². The second-order valence-corrected chi connectivity index (χ2v) is 10.2. The van der Waals surface area contributed by atoms with Gasteiger partial charge in [0.05, 0.1) is 22.8 Å². The van der Waals surface area contributed by atoms with Crippen LogP contribution in [0.5, 0.6) is 5.75 Å². The molecule has 36 heavy (non-hydrogen) atoms. The zero-order chi connectivity index (χ0) is 25.2. The number of aryl methyl sites for hydroxylation is 1. The quantitative estimate of drug-likeness (QED) is 0.486. The highest BCUT2D eigenvalue weighted by Crippen LogP contribution is 2.32. The smallest absolute Gasteiger partial charge is 0.275 e. The van der Waals surface area contributed by atoms with Gasteiger partial charge < -0.3 is 15.3 Å². The normalized spacial score (nSPS) is 16.3. The maximum Gasteiger partial charge on any atom is 0.275 e. The topological polar surface area (TPSA) is 94.9 Å². The summed E-state index contributed by atoms with van der Waals surface area (Å²) in [6.07, 6.45) is 1.61. The molecule has 8 heteroatoms. The molecule has 2 aliphatic rings. The van der Waals surface area contributed by atoms with Crippen LogP contribution in [0.25, 0.3) is 0 Å². The zero-order valence-electron chi connectivity index (χ0n) is 20.3. The van der Waals surface area contributed by atoms with Crippen molar-refractivity contribution in [1.82, 2.24) is 9.88 Å². The molecule has 5 rings (SSSR count). The first kappa shape index (κ1) is 23.9. The lowest BCUT2D eigenvalue weighted by Gasteiger charge is -2.32. The number of benzene rings is 2. The maximum atomic E-state index is 13.5. The molecule has 3 aromatic rings. The zero-order valence-corrected chi connectivity index (χ0v) is 21.1. The molecule has 2 amide bonds. The summed E-state index contributed by atoms with van der Waals surface area (Å²) in [6.45, 7) is 5.68. The van der Waals surface area contributed by atoms with E-state index < -0.39 is 0 Å². The van der Waals surface area contributed by atoms with E-state index in [-0.39, 0.29) is 23.5 Å². The van der Waals surface area contributed by atoms with Gasteiger partial charge in [0.15, 0.2) is 0 Å². The number of carbonyl (C=O) groups is 2. The van der Waals surface area contributed by atoms with Crippen LogP contribution in [0.15, 0.2) is 70.0 Å². The number of likely N-dealkylation sites (tertiary alicyclic amines) is 1. The second-order valence-electron chi connectivity index (χ2n) is 9.28. The number of hydrogen-bond donors (Lipinski definition) is 2. The summed E-state index contributed by atoms with van der Waals surface area (Å²) < 4.78 is 0. The summed E-state index contributed by atoms with van der Waals surface area (Å²) in [5, 5.41) is 15.2. The molecule has 0 atom stereocenters. The summed E-state index contributed by atoms with van der Waals surface area (Å²) in [6, 6.07) is 14.7. The van der Waals surface area contributed by atoms with E-state index in [4.69, 9.17) is 0 Å². The molecule has 3 heterocycles. The standard InChI is InChI=1S/C28H28N4O3S/c1-17-14-21(33)8-9-22(17)30-26(34)23-16-36-27(31-23)20-10-12-32(13-11-20)28(35)24-18(2)15-29-25(24)19-6-4-3-5-7-19/h3-9,14,16,20,33H,10-13,15H2,1-2H3,(H,30,34). The number of thiazole rings is 1. The molecule has 0 saturated carbocycles. The Morgan fingerprint density at radius 1 is 1.08 bits per heavy atom. The Balaban J connectivity index is 1.21. The van der Waals surface area contributed by atoms with Crippen LogP contribution in [0.4, 0.5) is 5.69 Å². The Morgan fingerprint density at radius 3 is 2.56 bits per heavy atom. The van der Waals surface area contributed by atoms with Gasteiger partial charge in [-0.15, -0.1) is 11.3 Å². The predicted octanol–water partition coefficient (Wildman–Crippen LogP) is 4.93. The molecule has 0 spiro atoms. The number of rotatable bonds is 5. The molecule has 1 aromatic heterocycles. The highest BCUT2D eigenvalue weighted by Gasteiger charge is 2.32. The fraction of sp³-hybridized carbons (Fsp3) is 0.286. The van der Waals surface area contributed by atoms with Crippen molar-refractivity contribution >= 4 is 34.6 Å². The van der Waals surface area contributed by atoms with Crippen molar-refractivity contribution in [2.45, 2.75) is 32.6 Å². The van der Waals surface area contributed by atoms with Crippen LogP contribution in [0.1, 0.15) is 52.3 Å². The lowest BCUT2D eigenvalue weighted by atomic mass is 9.95. The number of aromatic hydroxyl groups is 1. The number of amides is 2. The van der Waals surface area contributed by atoms with Gasteiger partial charge in [0.25, 0.3) is 11.8 Å². The van der Waals surface area contributed by atoms with E-state index in [1.807, 2.05) is 49.1 Å². The van der Waals surface area contributed by atoms with Gasteiger partial charge in [0.2, 0.25) is 0 Å². The van der Waals surface area contributed by atoms with Gasteiger partial charge in [-0.1, -0.05) is 30.3 Å². The Kier molecular flexibility index (Phi) is 6.69. The van der Waals surface area contributed by atoms with Crippen LogP contribution in [-0.2, 0) is 4.79 Å². The van der Waals surface area contributed by atoms with Crippen LogP contribution in [0, 0.1) is 6.92 Å². The highest BCUT2D eigenvalue weighted by atomic mass is 32.1. The van der Waals surface area contributed by atoms with E-state index >= 15 is 0 Å². The number of carbonyl (C=O) groups excluding carboxylic acids is 2. The lowest BCUT2D eigenvalue weighted by molar-refractivity contribution is -0.127. The Hall–Kier alpha value is -3.78. The third kappa shape index (κ3) is 4.81. The van der Waals surface area contributed by atoms with Crippen LogP contribution >= 0.6 is 11.3 Å². The summed E-state index contributed by atoms with van der Waals surface area (Å²) >= 11 is 1.49. The largest absolute Gasteiger partial charge is 0.508 e. The van der Waals surface area contributed by atoms with Gasteiger partial charge in [-0.05, 0) is 56.0 Å². The van der Waals surface area contributed by atoms with Crippen molar-refractivity contribution < 1.29 is 14.7 Å². The number of nitrogens with zero attached hydrogens (tertiary/aromatic N) is 3.